The molecule has 12 heteroatoms. The summed E-state index contributed by atoms with van der Waals surface area (Å²) in [6.07, 6.45) is -0.0965. The predicted molar refractivity (Wildman–Crippen MR) is 155 cm³/mol. The Morgan fingerprint density at radius 3 is 2.38 bits per heavy atom. The topological polar surface area (TPSA) is 133 Å². The molecule has 3 aromatic rings. The maximum Gasteiger partial charge on any atom is 0.338 e. The molecule has 1 fully saturated rings. The molecule has 0 aliphatic carbocycles. The van der Waals surface area contributed by atoms with Gasteiger partial charge in [0.05, 0.1) is 37.1 Å². The second kappa shape index (κ2) is 12.8. The van der Waals surface area contributed by atoms with E-state index in [9.17, 15) is 19.2 Å². The van der Waals surface area contributed by atoms with Gasteiger partial charge in [-0.25, -0.2) is 14.6 Å². The Morgan fingerprint density at radius 2 is 1.67 bits per heavy atom. The fourth-order valence-corrected chi connectivity index (χ4v) is 5.43. The lowest BCUT2D eigenvalue weighted by Gasteiger charge is -2.17. The lowest BCUT2D eigenvalue weighted by Crippen LogP contribution is -2.33. The molecule has 216 valence electrons. The number of esters is 2. The molecule has 0 spiro atoms. The van der Waals surface area contributed by atoms with Gasteiger partial charge >= 0.3 is 11.9 Å². The predicted octanol–water partition coefficient (Wildman–Crippen LogP) is 4.54. The summed E-state index contributed by atoms with van der Waals surface area (Å²) in [5.41, 5.74) is 2.56. The van der Waals surface area contributed by atoms with Crippen LogP contribution in [0.5, 0.6) is 11.5 Å². The van der Waals surface area contributed by atoms with Crippen molar-refractivity contribution in [3.63, 3.8) is 0 Å². The Balaban J connectivity index is 1.34. The third-order valence-corrected chi connectivity index (χ3v) is 7.54. The van der Waals surface area contributed by atoms with Crippen molar-refractivity contribution in [2.75, 3.05) is 25.8 Å². The highest BCUT2D eigenvalue weighted by molar-refractivity contribution is 8.15. The van der Waals surface area contributed by atoms with Crippen LogP contribution in [0.3, 0.4) is 0 Å². The molecule has 0 radical (unpaired) electrons. The van der Waals surface area contributed by atoms with Crippen molar-refractivity contribution in [2.45, 2.75) is 25.1 Å². The van der Waals surface area contributed by atoms with Crippen molar-refractivity contribution in [3.8, 4) is 11.5 Å². The molecule has 0 bridgehead atoms. The van der Waals surface area contributed by atoms with Crippen molar-refractivity contribution in [1.82, 2.24) is 4.90 Å². The highest BCUT2D eigenvalue weighted by atomic mass is 32.2. The number of hydrogen-bond donors (Lipinski definition) is 1. The first-order valence-electron chi connectivity index (χ1n) is 13.0. The largest absolute Gasteiger partial charge is 0.465 e. The fraction of sp³-hybridized carbons (Fsp3) is 0.233. The number of anilines is 1. The minimum atomic E-state index is -0.717. The number of benzene rings is 3. The first-order valence-corrected chi connectivity index (χ1v) is 13.9. The number of nitrogens with one attached hydrogen (secondary N) is 1. The minimum absolute atomic E-state index is 0.0965. The second-order valence-corrected chi connectivity index (χ2v) is 10.4. The number of methoxy groups -OCH3 is 1. The molecule has 2 aliphatic heterocycles. The summed E-state index contributed by atoms with van der Waals surface area (Å²) in [6.45, 7) is 2.34. The molecule has 1 saturated heterocycles. The summed E-state index contributed by atoms with van der Waals surface area (Å²) < 4.78 is 20.6. The lowest BCUT2D eigenvalue weighted by atomic mass is 10.1. The van der Waals surface area contributed by atoms with Crippen molar-refractivity contribution in [3.05, 3.63) is 83.4 Å². The highest BCUT2D eigenvalue weighted by Crippen LogP contribution is 2.36. The molecule has 2 aliphatic rings. The van der Waals surface area contributed by atoms with Gasteiger partial charge in [0.15, 0.2) is 16.7 Å². The summed E-state index contributed by atoms with van der Waals surface area (Å²) in [5.74, 6) is -0.326. The van der Waals surface area contributed by atoms with Crippen LogP contribution in [0, 0.1) is 0 Å². The van der Waals surface area contributed by atoms with Gasteiger partial charge in [0.1, 0.15) is 5.25 Å². The van der Waals surface area contributed by atoms with Crippen LogP contribution in [0.4, 0.5) is 11.4 Å². The van der Waals surface area contributed by atoms with E-state index in [2.05, 4.69) is 10.3 Å². The Labute approximate surface area is 245 Å². The number of aliphatic imine (C=N–C) groups is 1. The molecule has 0 aromatic heterocycles. The van der Waals surface area contributed by atoms with E-state index in [4.69, 9.17) is 18.9 Å². The van der Waals surface area contributed by atoms with Crippen LogP contribution in [0.2, 0.25) is 0 Å². The van der Waals surface area contributed by atoms with E-state index in [1.807, 2.05) is 12.1 Å². The van der Waals surface area contributed by atoms with E-state index in [0.717, 1.165) is 5.56 Å². The van der Waals surface area contributed by atoms with Crippen molar-refractivity contribution < 1.29 is 38.1 Å². The van der Waals surface area contributed by atoms with Crippen molar-refractivity contribution >= 4 is 52.1 Å². The molecule has 2 heterocycles. The molecule has 42 heavy (non-hydrogen) atoms. The summed E-state index contributed by atoms with van der Waals surface area (Å²) in [4.78, 5) is 56.4. The van der Waals surface area contributed by atoms with Crippen LogP contribution in [0.15, 0.2) is 71.7 Å². The Kier molecular flexibility index (Phi) is 8.72. The maximum atomic E-state index is 13.6. The van der Waals surface area contributed by atoms with Gasteiger partial charge in [-0.3, -0.25) is 14.5 Å². The molecule has 1 atom stereocenters. The van der Waals surface area contributed by atoms with Gasteiger partial charge in [-0.2, -0.15) is 0 Å². The Bertz CT molecular complexity index is 1540. The number of hydrogen-bond acceptors (Lipinski definition) is 10. The third-order valence-electron chi connectivity index (χ3n) is 6.36. The van der Waals surface area contributed by atoms with E-state index in [1.54, 1.807) is 61.5 Å². The van der Waals surface area contributed by atoms with E-state index in [0.29, 0.717) is 39.2 Å². The van der Waals surface area contributed by atoms with Crippen LogP contribution in [0.1, 0.15) is 39.6 Å². The van der Waals surface area contributed by atoms with E-state index in [1.165, 1.54) is 23.8 Å². The molecule has 1 N–H and O–H groups in total. The van der Waals surface area contributed by atoms with Gasteiger partial charge in [-0.1, -0.05) is 17.8 Å². The summed E-state index contributed by atoms with van der Waals surface area (Å²) in [5, 5.41) is 2.47. The third kappa shape index (κ3) is 6.55. The second-order valence-electron chi connectivity index (χ2n) is 9.20. The smallest absolute Gasteiger partial charge is 0.338 e. The lowest BCUT2D eigenvalue weighted by molar-refractivity contribution is -0.128. The van der Waals surface area contributed by atoms with Gasteiger partial charge in [0.25, 0.3) is 0 Å². The first kappa shape index (κ1) is 28.7. The highest BCUT2D eigenvalue weighted by Gasteiger charge is 2.39. The van der Waals surface area contributed by atoms with Gasteiger partial charge in [0, 0.05) is 12.1 Å². The van der Waals surface area contributed by atoms with Gasteiger partial charge in [-0.05, 0) is 73.2 Å². The van der Waals surface area contributed by atoms with Gasteiger partial charge in [-0.15, -0.1) is 0 Å². The van der Waals surface area contributed by atoms with E-state index >= 15 is 0 Å². The molecule has 11 nitrogen and oxygen atoms in total. The molecular weight excluding hydrogens is 562 g/mol. The molecule has 5 rings (SSSR count). The average Bonchev–Trinajstić information content (AvgIpc) is 3.57. The van der Waals surface area contributed by atoms with E-state index < -0.39 is 17.2 Å². The van der Waals surface area contributed by atoms with Crippen molar-refractivity contribution in [2.24, 2.45) is 4.99 Å². The summed E-state index contributed by atoms with van der Waals surface area (Å²) in [7, 11) is 1.29. The van der Waals surface area contributed by atoms with Crippen LogP contribution >= 0.6 is 11.8 Å². The van der Waals surface area contributed by atoms with Crippen LogP contribution in [0.25, 0.3) is 0 Å². The number of carbonyl (C=O) groups is 4. The summed E-state index contributed by atoms with van der Waals surface area (Å²) in [6, 6.07) is 18.3. The number of thioether (sulfide) groups is 1. The monoisotopic (exact) mass is 589 g/mol. The number of amidine groups is 1. The minimum Gasteiger partial charge on any atom is -0.465 e. The number of amides is 2. The fourth-order valence-electron chi connectivity index (χ4n) is 4.28. The Hall–Kier alpha value is -4.84. The standard InChI is InChI=1S/C30H27N3O8S/c1-3-39-29(37)20-7-11-22(12-8-20)32-30-33(16-18-4-13-23-24(14-18)41-17-40-23)27(35)25(42-30)15-26(34)31-21-9-5-19(6-10-21)28(36)38-2/h4-14,25H,3,15-17H2,1-2H3,(H,31,34)/t25-/m0/s1. The van der Waals surface area contributed by atoms with Gasteiger partial charge in [0.2, 0.25) is 18.6 Å². The molecule has 2 amide bonds. The van der Waals surface area contributed by atoms with Crippen LogP contribution < -0.4 is 14.8 Å². The first-order chi connectivity index (χ1) is 20.3. The van der Waals surface area contributed by atoms with Crippen LogP contribution in [-0.2, 0) is 25.6 Å². The van der Waals surface area contributed by atoms with Crippen molar-refractivity contribution in [1.29, 1.82) is 0 Å². The molecular formula is C30H27N3O8S. The Morgan fingerprint density at radius 1 is 0.976 bits per heavy atom. The van der Waals surface area contributed by atoms with Gasteiger partial charge < -0.3 is 24.3 Å². The zero-order valence-electron chi connectivity index (χ0n) is 22.8. The molecule has 0 saturated carbocycles. The van der Waals surface area contributed by atoms with E-state index in [-0.39, 0.29) is 38.2 Å². The molecule has 3 aromatic carbocycles. The van der Waals surface area contributed by atoms with Crippen LogP contribution in [-0.4, -0.2) is 59.6 Å². The number of ether oxygens (including phenoxy) is 4. The summed E-state index contributed by atoms with van der Waals surface area (Å²) >= 11 is 1.19. The number of nitrogens with zero attached hydrogens (tertiary/aromatic N) is 2. The maximum absolute atomic E-state index is 13.6. The quantitative estimate of drug-likeness (QED) is 0.357. The zero-order valence-corrected chi connectivity index (χ0v) is 23.6. The average molecular weight is 590 g/mol. The number of fused-ring (bicyclic) bond motifs is 1. The number of carbonyl (C=O) groups excluding carboxylic acids is 4. The zero-order chi connectivity index (χ0) is 29.6. The number of rotatable bonds is 9. The molecule has 0 unspecified atom stereocenters. The normalized spacial score (nSPS) is 16.4. The SMILES string of the molecule is CCOC(=O)c1ccc(N=C2S[C@@H](CC(=O)Nc3ccc(C(=O)OC)cc3)C(=O)N2Cc2ccc3c(c2)OCO3)cc1.